The van der Waals surface area contributed by atoms with Crippen LogP contribution in [0.25, 0.3) is 11.0 Å². The fourth-order valence-corrected chi connectivity index (χ4v) is 4.08. The summed E-state index contributed by atoms with van der Waals surface area (Å²) >= 11 is 5.86. The molecule has 32 heavy (non-hydrogen) atoms. The van der Waals surface area contributed by atoms with Crippen molar-refractivity contribution in [1.29, 1.82) is 0 Å². The molecule has 0 fully saturated rings. The van der Waals surface area contributed by atoms with E-state index < -0.39 is 16.0 Å². The predicted molar refractivity (Wildman–Crippen MR) is 123 cm³/mol. The number of rotatable bonds is 7. The molecule has 3 N–H and O–H groups in total. The molecule has 0 saturated heterocycles. The number of nitrogens with zero attached hydrogens (tertiary/aromatic N) is 2. The van der Waals surface area contributed by atoms with Crippen LogP contribution < -0.4 is 10.0 Å². The summed E-state index contributed by atoms with van der Waals surface area (Å²) in [6.45, 7) is 0.280. The van der Waals surface area contributed by atoms with Crippen molar-refractivity contribution < 1.29 is 18.3 Å². The van der Waals surface area contributed by atoms with Crippen LogP contribution in [0.15, 0.2) is 77.7 Å². The number of para-hydroxylation sites is 2. The molecule has 4 aromatic rings. The third-order valence-corrected chi connectivity index (χ3v) is 6.19. The number of hydrogen-bond acceptors (Lipinski definition) is 6. The molecule has 0 amide bonds. The number of benzene rings is 3. The van der Waals surface area contributed by atoms with Crippen molar-refractivity contribution in [1.82, 2.24) is 9.97 Å². The topological polar surface area (TPSA) is 121 Å². The highest BCUT2D eigenvalue weighted by Crippen LogP contribution is 2.25. The van der Waals surface area contributed by atoms with Gasteiger partial charge in [0.15, 0.2) is 11.6 Å². The highest BCUT2D eigenvalue weighted by molar-refractivity contribution is 7.92. The molecular weight excluding hydrogens is 452 g/mol. The number of anilines is 2. The van der Waals surface area contributed by atoms with Gasteiger partial charge in [0.05, 0.1) is 21.5 Å². The van der Waals surface area contributed by atoms with Gasteiger partial charge in [0.25, 0.3) is 10.0 Å². The first-order valence-electron chi connectivity index (χ1n) is 9.43. The molecule has 10 heteroatoms. The number of nitrogens with one attached hydrogen (secondary N) is 2. The van der Waals surface area contributed by atoms with Crippen LogP contribution >= 0.6 is 11.6 Å². The highest BCUT2D eigenvalue weighted by Gasteiger charge is 2.19. The van der Waals surface area contributed by atoms with Crippen LogP contribution in [0.5, 0.6) is 0 Å². The van der Waals surface area contributed by atoms with Gasteiger partial charge in [-0.05, 0) is 54.1 Å². The summed E-state index contributed by atoms with van der Waals surface area (Å²) in [5.74, 6) is -0.729. The first-order valence-corrected chi connectivity index (χ1v) is 11.3. The van der Waals surface area contributed by atoms with Crippen LogP contribution in [0.3, 0.4) is 0 Å². The van der Waals surface area contributed by atoms with E-state index in [1.54, 1.807) is 30.3 Å². The van der Waals surface area contributed by atoms with Gasteiger partial charge in [-0.15, -0.1) is 0 Å². The van der Waals surface area contributed by atoms with E-state index in [0.29, 0.717) is 16.1 Å². The number of carboxylic acids is 1. The van der Waals surface area contributed by atoms with Gasteiger partial charge in [0.2, 0.25) is 0 Å². The Hall–Kier alpha value is -3.69. The average molecular weight is 469 g/mol. The largest absolute Gasteiger partial charge is 0.478 e. The molecule has 0 aliphatic rings. The van der Waals surface area contributed by atoms with Gasteiger partial charge in [-0.25, -0.2) is 23.2 Å². The molecule has 4 rings (SSSR count). The molecule has 3 aromatic carbocycles. The third-order valence-electron chi connectivity index (χ3n) is 4.59. The van der Waals surface area contributed by atoms with E-state index in [4.69, 9.17) is 16.7 Å². The van der Waals surface area contributed by atoms with E-state index in [1.807, 2.05) is 6.07 Å². The Balaban J connectivity index is 1.65. The maximum absolute atomic E-state index is 12.9. The van der Waals surface area contributed by atoms with E-state index >= 15 is 0 Å². The molecule has 0 saturated carbocycles. The van der Waals surface area contributed by atoms with Gasteiger partial charge in [-0.3, -0.25) is 4.72 Å². The highest BCUT2D eigenvalue weighted by atomic mass is 35.5. The number of sulfonamides is 1. The number of aromatic carboxylic acids is 1. The lowest BCUT2D eigenvalue weighted by molar-refractivity contribution is 0.0697. The summed E-state index contributed by atoms with van der Waals surface area (Å²) in [5.41, 5.74) is 2.08. The van der Waals surface area contributed by atoms with E-state index in [9.17, 15) is 13.2 Å². The Kier molecular flexibility index (Phi) is 5.93. The number of aromatic nitrogens is 2. The van der Waals surface area contributed by atoms with E-state index in [1.165, 1.54) is 36.4 Å². The molecule has 0 radical (unpaired) electrons. The maximum Gasteiger partial charge on any atom is 0.335 e. The van der Waals surface area contributed by atoms with Gasteiger partial charge >= 0.3 is 5.97 Å². The van der Waals surface area contributed by atoms with Crippen molar-refractivity contribution in [2.24, 2.45) is 0 Å². The first-order chi connectivity index (χ1) is 15.3. The summed E-state index contributed by atoms with van der Waals surface area (Å²) in [5, 5.41) is 12.5. The fraction of sp³-hybridized carbons (Fsp3) is 0.0455. The maximum atomic E-state index is 12.9. The Morgan fingerprint density at radius 2 is 1.47 bits per heavy atom. The number of carbonyl (C=O) groups is 1. The minimum Gasteiger partial charge on any atom is -0.478 e. The lowest BCUT2D eigenvalue weighted by Gasteiger charge is -2.14. The minimum atomic E-state index is -3.94. The summed E-state index contributed by atoms with van der Waals surface area (Å²) in [6.07, 6.45) is 0. The SMILES string of the molecule is O=C(O)c1ccc(CNc2nc3ccccc3nc2NS(=O)(=O)c2ccc(Cl)cc2)cc1. The van der Waals surface area contributed by atoms with Crippen molar-refractivity contribution in [3.8, 4) is 0 Å². The quantitative estimate of drug-likeness (QED) is 0.367. The molecule has 1 aromatic heterocycles. The van der Waals surface area contributed by atoms with Crippen LogP contribution in [0.2, 0.25) is 5.02 Å². The molecule has 8 nitrogen and oxygen atoms in total. The molecule has 0 aliphatic carbocycles. The number of hydrogen-bond donors (Lipinski definition) is 3. The number of halogens is 1. The van der Waals surface area contributed by atoms with E-state index in [-0.39, 0.29) is 28.6 Å². The Bertz CT molecular complexity index is 1390. The summed E-state index contributed by atoms with van der Waals surface area (Å²) in [4.78, 5) is 20.0. The monoisotopic (exact) mass is 468 g/mol. The van der Waals surface area contributed by atoms with Gasteiger partial charge < -0.3 is 10.4 Å². The second kappa shape index (κ2) is 8.81. The van der Waals surface area contributed by atoms with Crippen LogP contribution in [0.1, 0.15) is 15.9 Å². The fourth-order valence-electron chi connectivity index (χ4n) is 2.95. The molecule has 0 unspecified atom stereocenters. The van der Waals surface area contributed by atoms with Gasteiger partial charge in [0.1, 0.15) is 0 Å². The van der Waals surface area contributed by atoms with Crippen molar-refractivity contribution in [3.05, 3.63) is 88.9 Å². The van der Waals surface area contributed by atoms with Crippen LogP contribution in [-0.2, 0) is 16.6 Å². The molecule has 0 atom stereocenters. The molecule has 0 spiro atoms. The Labute approximate surface area is 189 Å². The number of carboxylic acid groups (broad SMARTS) is 1. The second-order valence-electron chi connectivity index (χ2n) is 6.82. The third kappa shape index (κ3) is 4.79. The van der Waals surface area contributed by atoms with Crippen LogP contribution in [0, 0.1) is 0 Å². The van der Waals surface area contributed by atoms with Crippen LogP contribution in [-0.4, -0.2) is 29.5 Å². The lowest BCUT2D eigenvalue weighted by Crippen LogP contribution is -2.16. The standard InChI is InChI=1S/C22H17ClN4O4S/c23-16-9-11-17(12-10-16)32(30,31)27-21-20(25-18-3-1-2-4-19(18)26-21)24-13-14-5-7-15(8-6-14)22(28)29/h1-12H,13H2,(H,24,25)(H,26,27)(H,28,29). The smallest absolute Gasteiger partial charge is 0.335 e. The molecule has 1 heterocycles. The minimum absolute atomic E-state index is 0.0343. The lowest BCUT2D eigenvalue weighted by atomic mass is 10.1. The summed E-state index contributed by atoms with van der Waals surface area (Å²) in [7, 11) is -3.94. The Morgan fingerprint density at radius 3 is 2.06 bits per heavy atom. The van der Waals surface area contributed by atoms with Crippen molar-refractivity contribution in [2.75, 3.05) is 10.0 Å². The normalized spacial score (nSPS) is 11.3. The zero-order valence-electron chi connectivity index (χ0n) is 16.5. The predicted octanol–water partition coefficient (Wildman–Crippen LogP) is 4.39. The molecule has 0 aliphatic heterocycles. The van der Waals surface area contributed by atoms with Crippen LogP contribution in [0.4, 0.5) is 11.6 Å². The van der Waals surface area contributed by atoms with Crippen molar-refractivity contribution >= 4 is 50.3 Å². The first kappa shape index (κ1) is 21.5. The molecule has 0 bridgehead atoms. The van der Waals surface area contributed by atoms with Crippen molar-refractivity contribution in [2.45, 2.75) is 11.4 Å². The van der Waals surface area contributed by atoms with Gasteiger partial charge in [0, 0.05) is 11.6 Å². The molecule has 162 valence electrons. The van der Waals surface area contributed by atoms with E-state index in [2.05, 4.69) is 20.0 Å². The second-order valence-corrected chi connectivity index (χ2v) is 8.94. The van der Waals surface area contributed by atoms with E-state index in [0.717, 1.165) is 5.56 Å². The molecular formula is C22H17ClN4O4S. The van der Waals surface area contributed by atoms with Gasteiger partial charge in [-0.1, -0.05) is 35.9 Å². The zero-order valence-corrected chi connectivity index (χ0v) is 18.1. The summed E-state index contributed by atoms with van der Waals surface area (Å²) < 4.78 is 28.2. The van der Waals surface area contributed by atoms with Crippen molar-refractivity contribution in [3.63, 3.8) is 0 Å². The summed E-state index contributed by atoms with van der Waals surface area (Å²) in [6, 6.07) is 19.2. The Morgan fingerprint density at radius 1 is 0.875 bits per heavy atom. The zero-order chi connectivity index (χ0) is 22.7. The average Bonchev–Trinajstić information content (AvgIpc) is 2.78. The number of fused-ring (bicyclic) bond motifs is 1. The van der Waals surface area contributed by atoms with Gasteiger partial charge in [-0.2, -0.15) is 0 Å².